The number of carbonyl (C=O) groups excluding carboxylic acids is 1. The summed E-state index contributed by atoms with van der Waals surface area (Å²) in [5.74, 6) is -0.508. The molecule has 0 aliphatic carbocycles. The Hall–Kier alpha value is -2.44. The minimum Gasteiger partial charge on any atom is -0.433 e. The lowest BCUT2D eigenvalue weighted by atomic mass is 10.2. The molecule has 0 aliphatic rings. The van der Waals surface area contributed by atoms with Gasteiger partial charge in [-0.25, -0.2) is 0 Å². The topological polar surface area (TPSA) is 56.2 Å². The maximum Gasteiger partial charge on any atom is 0.387 e. The van der Waals surface area contributed by atoms with Crippen LogP contribution < -0.4 is 10.1 Å². The van der Waals surface area contributed by atoms with Crippen LogP contribution in [-0.2, 0) is 6.54 Å². The number of amides is 1. The zero-order valence-corrected chi connectivity index (χ0v) is 11.6. The van der Waals surface area contributed by atoms with Gasteiger partial charge in [0.25, 0.3) is 5.91 Å². The number of aromatic nitrogens is 2. The number of benzene rings is 1. The number of rotatable bonds is 5. The molecule has 1 aromatic carbocycles. The SMILES string of the molecule is CCn1cc(C(=O)Nc2cc(C)ccc2OC(F)F)cn1. The lowest BCUT2D eigenvalue weighted by molar-refractivity contribution is -0.0493. The van der Waals surface area contributed by atoms with E-state index in [9.17, 15) is 13.6 Å². The number of alkyl halides is 2. The van der Waals surface area contributed by atoms with Crippen LogP contribution in [0.25, 0.3) is 0 Å². The molecule has 1 aromatic heterocycles. The molecule has 0 aliphatic heterocycles. The Morgan fingerprint density at radius 3 is 2.86 bits per heavy atom. The van der Waals surface area contributed by atoms with Crippen molar-refractivity contribution >= 4 is 11.6 Å². The van der Waals surface area contributed by atoms with Crippen LogP contribution in [0.2, 0.25) is 0 Å². The molecule has 0 radical (unpaired) electrons. The summed E-state index contributed by atoms with van der Waals surface area (Å²) in [7, 11) is 0. The molecule has 2 aromatic rings. The predicted octanol–water partition coefficient (Wildman–Crippen LogP) is 3.07. The monoisotopic (exact) mass is 295 g/mol. The number of hydrogen-bond donors (Lipinski definition) is 1. The van der Waals surface area contributed by atoms with Gasteiger partial charge in [-0.05, 0) is 31.5 Å². The van der Waals surface area contributed by atoms with Crippen LogP contribution >= 0.6 is 0 Å². The van der Waals surface area contributed by atoms with Crippen molar-refractivity contribution in [2.24, 2.45) is 0 Å². The lowest BCUT2D eigenvalue weighted by Crippen LogP contribution is -2.13. The van der Waals surface area contributed by atoms with Gasteiger partial charge in [-0.3, -0.25) is 9.48 Å². The maximum atomic E-state index is 12.4. The maximum absolute atomic E-state index is 12.4. The molecule has 0 fully saturated rings. The van der Waals surface area contributed by atoms with E-state index in [4.69, 9.17) is 0 Å². The van der Waals surface area contributed by atoms with Gasteiger partial charge in [-0.2, -0.15) is 13.9 Å². The van der Waals surface area contributed by atoms with Gasteiger partial charge in [0.2, 0.25) is 0 Å². The van der Waals surface area contributed by atoms with Crippen LogP contribution in [0.4, 0.5) is 14.5 Å². The molecule has 0 spiro atoms. The van der Waals surface area contributed by atoms with Gasteiger partial charge in [0, 0.05) is 12.7 Å². The molecule has 7 heteroatoms. The van der Waals surface area contributed by atoms with Crippen molar-refractivity contribution in [2.45, 2.75) is 27.0 Å². The van der Waals surface area contributed by atoms with Crippen molar-refractivity contribution in [1.29, 1.82) is 0 Å². The molecule has 1 amide bonds. The number of ether oxygens (including phenoxy) is 1. The van der Waals surface area contributed by atoms with Crippen molar-refractivity contribution in [3.05, 3.63) is 41.7 Å². The zero-order valence-electron chi connectivity index (χ0n) is 11.6. The van der Waals surface area contributed by atoms with Crippen LogP contribution in [0.3, 0.4) is 0 Å². The van der Waals surface area contributed by atoms with Crippen LogP contribution in [0.5, 0.6) is 5.75 Å². The van der Waals surface area contributed by atoms with E-state index in [0.717, 1.165) is 5.56 Å². The highest BCUT2D eigenvalue weighted by atomic mass is 19.3. The van der Waals surface area contributed by atoms with Gasteiger partial charge >= 0.3 is 6.61 Å². The zero-order chi connectivity index (χ0) is 15.4. The van der Waals surface area contributed by atoms with E-state index in [1.807, 2.05) is 6.92 Å². The number of aryl methyl sites for hydroxylation is 2. The standard InChI is InChI=1S/C14H15F2N3O2/c1-3-19-8-10(7-17-19)13(20)18-11-6-9(2)4-5-12(11)21-14(15)16/h4-8,14H,3H2,1-2H3,(H,18,20). The normalized spacial score (nSPS) is 10.7. The summed E-state index contributed by atoms with van der Waals surface area (Å²) >= 11 is 0. The van der Waals surface area contributed by atoms with Crippen molar-refractivity contribution < 1.29 is 18.3 Å². The van der Waals surface area contributed by atoms with Crippen molar-refractivity contribution in [3.8, 4) is 5.75 Å². The highest BCUT2D eigenvalue weighted by Crippen LogP contribution is 2.27. The molecule has 0 unspecified atom stereocenters. The Labute approximate surface area is 120 Å². The predicted molar refractivity (Wildman–Crippen MR) is 73.7 cm³/mol. The summed E-state index contributed by atoms with van der Waals surface area (Å²) in [6.07, 6.45) is 3.00. The number of anilines is 1. The summed E-state index contributed by atoms with van der Waals surface area (Å²) in [5.41, 5.74) is 1.36. The molecule has 1 N–H and O–H groups in total. The summed E-state index contributed by atoms with van der Waals surface area (Å²) < 4.78 is 30.7. The first kappa shape index (κ1) is 15.0. The molecular weight excluding hydrogens is 280 g/mol. The minimum atomic E-state index is -2.95. The van der Waals surface area contributed by atoms with Gasteiger partial charge in [0.1, 0.15) is 5.75 Å². The molecule has 2 rings (SSSR count). The summed E-state index contributed by atoms with van der Waals surface area (Å²) in [4.78, 5) is 12.1. The van der Waals surface area contributed by atoms with Gasteiger partial charge in [0.15, 0.2) is 0 Å². The minimum absolute atomic E-state index is 0.0770. The molecule has 0 saturated heterocycles. The Balaban J connectivity index is 2.21. The Morgan fingerprint density at radius 1 is 1.48 bits per heavy atom. The molecular formula is C14H15F2N3O2. The van der Waals surface area contributed by atoms with E-state index in [1.165, 1.54) is 12.3 Å². The highest BCUT2D eigenvalue weighted by molar-refractivity contribution is 6.04. The van der Waals surface area contributed by atoms with E-state index in [1.54, 1.807) is 29.9 Å². The molecule has 21 heavy (non-hydrogen) atoms. The van der Waals surface area contributed by atoms with Gasteiger partial charge < -0.3 is 10.1 Å². The Kier molecular flexibility index (Phi) is 4.52. The quantitative estimate of drug-likeness (QED) is 0.922. The fourth-order valence-electron chi connectivity index (χ4n) is 1.79. The Morgan fingerprint density at radius 2 is 2.24 bits per heavy atom. The van der Waals surface area contributed by atoms with E-state index < -0.39 is 12.5 Å². The number of hydrogen-bond acceptors (Lipinski definition) is 3. The number of carbonyl (C=O) groups is 1. The first-order valence-corrected chi connectivity index (χ1v) is 6.39. The van der Waals surface area contributed by atoms with Crippen molar-refractivity contribution in [3.63, 3.8) is 0 Å². The first-order valence-electron chi connectivity index (χ1n) is 6.39. The largest absolute Gasteiger partial charge is 0.433 e. The third-order valence-electron chi connectivity index (χ3n) is 2.82. The third-order valence-corrected chi connectivity index (χ3v) is 2.82. The summed E-state index contributed by atoms with van der Waals surface area (Å²) in [6.45, 7) is 1.37. The molecule has 0 saturated carbocycles. The number of halogens is 2. The average Bonchev–Trinajstić information content (AvgIpc) is 2.90. The summed E-state index contributed by atoms with van der Waals surface area (Å²) in [5, 5.41) is 6.55. The van der Waals surface area contributed by atoms with Crippen molar-refractivity contribution in [2.75, 3.05) is 5.32 Å². The number of nitrogens with one attached hydrogen (secondary N) is 1. The highest BCUT2D eigenvalue weighted by Gasteiger charge is 2.14. The van der Waals surface area contributed by atoms with E-state index >= 15 is 0 Å². The second-order valence-corrected chi connectivity index (χ2v) is 4.42. The molecule has 0 bridgehead atoms. The van der Waals surface area contributed by atoms with Gasteiger partial charge in [-0.1, -0.05) is 6.07 Å². The fourth-order valence-corrected chi connectivity index (χ4v) is 1.79. The van der Waals surface area contributed by atoms with E-state index in [2.05, 4.69) is 15.2 Å². The van der Waals surface area contributed by atoms with Crippen LogP contribution in [0.1, 0.15) is 22.8 Å². The van der Waals surface area contributed by atoms with Gasteiger partial charge in [-0.15, -0.1) is 0 Å². The fraction of sp³-hybridized carbons (Fsp3) is 0.286. The van der Waals surface area contributed by atoms with E-state index in [-0.39, 0.29) is 11.4 Å². The molecule has 112 valence electrons. The average molecular weight is 295 g/mol. The second kappa shape index (κ2) is 6.34. The number of nitrogens with zero attached hydrogens (tertiary/aromatic N) is 2. The molecule has 0 atom stereocenters. The second-order valence-electron chi connectivity index (χ2n) is 4.42. The van der Waals surface area contributed by atoms with Crippen LogP contribution in [0, 0.1) is 6.92 Å². The van der Waals surface area contributed by atoms with Crippen molar-refractivity contribution in [1.82, 2.24) is 9.78 Å². The molecule has 1 heterocycles. The smallest absolute Gasteiger partial charge is 0.387 e. The van der Waals surface area contributed by atoms with E-state index in [0.29, 0.717) is 12.1 Å². The first-order chi connectivity index (χ1) is 9.99. The van der Waals surface area contributed by atoms with Crippen LogP contribution in [-0.4, -0.2) is 22.3 Å². The lowest BCUT2D eigenvalue weighted by Gasteiger charge is -2.12. The van der Waals surface area contributed by atoms with Gasteiger partial charge in [0.05, 0.1) is 17.4 Å². The summed E-state index contributed by atoms with van der Waals surface area (Å²) in [6, 6.07) is 4.59. The molecule has 5 nitrogen and oxygen atoms in total. The Bertz CT molecular complexity index is 641. The third kappa shape index (κ3) is 3.77. The van der Waals surface area contributed by atoms with Crippen LogP contribution in [0.15, 0.2) is 30.6 Å².